The van der Waals surface area contributed by atoms with E-state index in [9.17, 15) is 14.9 Å². The summed E-state index contributed by atoms with van der Waals surface area (Å²) in [6, 6.07) is 8.96. The topological polar surface area (TPSA) is 145 Å². The smallest absolute Gasteiger partial charge is 0.407 e. The van der Waals surface area contributed by atoms with Gasteiger partial charge in [0.2, 0.25) is 5.89 Å². The Balaban J connectivity index is 1.82. The summed E-state index contributed by atoms with van der Waals surface area (Å²) in [6.45, 7) is 7.27. The third-order valence-electron chi connectivity index (χ3n) is 4.63. The summed E-state index contributed by atoms with van der Waals surface area (Å²) in [5.41, 5.74) is 7.51. The first-order chi connectivity index (χ1) is 15.5. The summed E-state index contributed by atoms with van der Waals surface area (Å²) in [6.07, 6.45) is 0.937. The zero-order valence-electron chi connectivity index (χ0n) is 19.1. The second kappa shape index (κ2) is 9.08. The van der Waals surface area contributed by atoms with E-state index in [0.717, 1.165) is 0 Å². The highest BCUT2D eigenvalue weighted by Gasteiger charge is 2.22. The number of alkyl carbamates (subject to hydrolysis) is 1. The number of hydrogen-bond acceptors (Lipinski definition) is 8. The molecule has 0 saturated heterocycles. The number of hydrogen-bond donors (Lipinski definition) is 2. The number of nitrogen functional groups attached to an aromatic ring is 1. The van der Waals surface area contributed by atoms with E-state index in [0.29, 0.717) is 28.6 Å². The van der Waals surface area contributed by atoms with E-state index in [1.54, 1.807) is 52.0 Å². The molecule has 1 aromatic carbocycles. The number of carbonyl (C=O) groups excluding carboxylic acids is 2. The van der Waals surface area contributed by atoms with Crippen LogP contribution in [0, 0.1) is 18.3 Å². The van der Waals surface area contributed by atoms with Crippen molar-refractivity contribution in [3.05, 3.63) is 53.2 Å². The standard InChI is InChI=1S/C23H25N5O5/c1-13-17(11-26-22(30)33-23(2,3)4)27-20(32-13)14-6-8-16(9-7-14)28-12-15(10-24)18(25)19(28)21(29)31-5/h6-9,12H,11,25H2,1-5H3,(H,26,30). The van der Waals surface area contributed by atoms with Crippen LogP contribution in [0.15, 0.2) is 34.9 Å². The van der Waals surface area contributed by atoms with E-state index < -0.39 is 17.7 Å². The van der Waals surface area contributed by atoms with Gasteiger partial charge < -0.3 is 29.5 Å². The molecule has 0 spiro atoms. The van der Waals surface area contributed by atoms with Crippen molar-refractivity contribution in [3.63, 3.8) is 0 Å². The van der Waals surface area contributed by atoms with E-state index in [2.05, 4.69) is 10.3 Å². The molecule has 3 rings (SSSR count). The van der Waals surface area contributed by atoms with Crippen molar-refractivity contribution in [3.8, 4) is 23.2 Å². The van der Waals surface area contributed by atoms with Gasteiger partial charge in [-0.2, -0.15) is 5.26 Å². The molecule has 0 aliphatic carbocycles. The van der Waals surface area contributed by atoms with Gasteiger partial charge >= 0.3 is 12.1 Å². The first-order valence-electron chi connectivity index (χ1n) is 10.1. The van der Waals surface area contributed by atoms with Crippen molar-refractivity contribution in [2.75, 3.05) is 12.8 Å². The third-order valence-corrected chi connectivity index (χ3v) is 4.63. The highest BCUT2D eigenvalue weighted by atomic mass is 16.6. The largest absolute Gasteiger partial charge is 0.464 e. The fraction of sp³-hybridized carbons (Fsp3) is 0.304. The molecule has 2 heterocycles. The number of aromatic nitrogens is 2. The second-order valence-corrected chi connectivity index (χ2v) is 8.20. The highest BCUT2D eigenvalue weighted by Crippen LogP contribution is 2.27. The molecule has 0 unspecified atom stereocenters. The number of oxazole rings is 1. The molecule has 0 aliphatic heterocycles. The molecule has 33 heavy (non-hydrogen) atoms. The number of nitrogens with zero attached hydrogens (tertiary/aromatic N) is 3. The summed E-state index contributed by atoms with van der Waals surface area (Å²) in [5, 5.41) is 11.9. The molecule has 0 fully saturated rings. The number of carbonyl (C=O) groups is 2. The SMILES string of the molecule is COC(=O)c1c(N)c(C#N)cn1-c1ccc(-c2nc(CNC(=O)OC(C)(C)C)c(C)o2)cc1. The first-order valence-corrected chi connectivity index (χ1v) is 10.1. The van der Waals surface area contributed by atoms with E-state index >= 15 is 0 Å². The summed E-state index contributed by atoms with van der Waals surface area (Å²) < 4.78 is 17.3. The molecule has 0 aliphatic rings. The van der Waals surface area contributed by atoms with Crippen LogP contribution in [0.1, 0.15) is 48.3 Å². The Morgan fingerprint density at radius 1 is 1.27 bits per heavy atom. The van der Waals surface area contributed by atoms with Crippen LogP contribution in [0.5, 0.6) is 0 Å². The normalized spacial score (nSPS) is 11.0. The van der Waals surface area contributed by atoms with Crippen molar-refractivity contribution < 1.29 is 23.5 Å². The van der Waals surface area contributed by atoms with Gasteiger partial charge in [0.1, 0.15) is 23.1 Å². The van der Waals surface area contributed by atoms with Gasteiger partial charge in [0, 0.05) is 17.4 Å². The number of methoxy groups -OCH3 is 1. The lowest BCUT2D eigenvalue weighted by molar-refractivity contribution is 0.0521. The van der Waals surface area contributed by atoms with Crippen LogP contribution in [-0.4, -0.2) is 34.3 Å². The zero-order chi connectivity index (χ0) is 24.3. The maximum Gasteiger partial charge on any atom is 0.407 e. The van der Waals surface area contributed by atoms with Crippen LogP contribution >= 0.6 is 0 Å². The number of nitrogens with one attached hydrogen (secondary N) is 1. The van der Waals surface area contributed by atoms with Gasteiger partial charge in [-0.25, -0.2) is 14.6 Å². The number of ether oxygens (including phenoxy) is 2. The number of rotatable bonds is 5. The van der Waals surface area contributed by atoms with Gasteiger partial charge in [-0.3, -0.25) is 0 Å². The lowest BCUT2D eigenvalue weighted by Crippen LogP contribution is -2.32. The molecule has 0 saturated carbocycles. The minimum atomic E-state index is -0.650. The minimum absolute atomic E-state index is 0.0545. The average Bonchev–Trinajstić information content (AvgIpc) is 3.30. The number of anilines is 1. The summed E-state index contributed by atoms with van der Waals surface area (Å²) in [5.74, 6) is 0.288. The van der Waals surface area contributed by atoms with E-state index in [-0.39, 0.29) is 23.5 Å². The monoisotopic (exact) mass is 451 g/mol. The Morgan fingerprint density at radius 3 is 2.52 bits per heavy atom. The summed E-state index contributed by atoms with van der Waals surface area (Å²) in [7, 11) is 1.24. The minimum Gasteiger partial charge on any atom is -0.464 e. The number of esters is 1. The maximum atomic E-state index is 12.2. The lowest BCUT2D eigenvalue weighted by atomic mass is 10.2. The Kier molecular flexibility index (Phi) is 6.44. The van der Waals surface area contributed by atoms with Crippen LogP contribution in [0.25, 0.3) is 17.1 Å². The molecule has 10 nitrogen and oxygen atoms in total. The van der Waals surface area contributed by atoms with Crippen LogP contribution in [0.3, 0.4) is 0 Å². The molecule has 3 N–H and O–H groups in total. The second-order valence-electron chi connectivity index (χ2n) is 8.20. The number of nitrogens with two attached hydrogens (primary N) is 1. The molecular weight excluding hydrogens is 426 g/mol. The molecule has 172 valence electrons. The zero-order valence-corrected chi connectivity index (χ0v) is 19.1. The molecular formula is C23H25N5O5. The third kappa shape index (κ3) is 5.15. The van der Waals surface area contributed by atoms with Gasteiger partial charge in [-0.1, -0.05) is 0 Å². The number of nitriles is 1. The number of aryl methyl sites for hydroxylation is 1. The molecule has 3 aromatic rings. The quantitative estimate of drug-likeness (QED) is 0.558. The van der Waals surface area contributed by atoms with Crippen LogP contribution < -0.4 is 11.1 Å². The van der Waals surface area contributed by atoms with Crippen LogP contribution in [-0.2, 0) is 16.0 Å². The van der Waals surface area contributed by atoms with Gasteiger partial charge in [0.15, 0.2) is 5.69 Å². The van der Waals surface area contributed by atoms with Crippen molar-refractivity contribution in [1.29, 1.82) is 5.26 Å². The fourth-order valence-electron chi connectivity index (χ4n) is 3.07. The molecule has 2 aromatic heterocycles. The molecule has 1 amide bonds. The van der Waals surface area contributed by atoms with E-state index in [4.69, 9.17) is 19.6 Å². The summed E-state index contributed by atoms with van der Waals surface area (Å²) in [4.78, 5) is 28.5. The maximum absolute atomic E-state index is 12.2. The van der Waals surface area contributed by atoms with Crippen molar-refractivity contribution >= 4 is 17.7 Å². The Hall–Kier alpha value is -4.26. The predicted octanol–water partition coefficient (Wildman–Crippen LogP) is 3.71. The first kappa shape index (κ1) is 23.4. The summed E-state index contributed by atoms with van der Waals surface area (Å²) >= 11 is 0. The van der Waals surface area contributed by atoms with Crippen molar-refractivity contribution in [2.45, 2.75) is 39.8 Å². The molecule has 10 heteroatoms. The van der Waals surface area contributed by atoms with E-state index in [1.807, 2.05) is 6.07 Å². The van der Waals surface area contributed by atoms with Crippen LogP contribution in [0.2, 0.25) is 0 Å². The Labute approximate surface area is 190 Å². The lowest BCUT2D eigenvalue weighted by Gasteiger charge is -2.19. The van der Waals surface area contributed by atoms with Gasteiger partial charge in [0.25, 0.3) is 0 Å². The van der Waals surface area contributed by atoms with Gasteiger partial charge in [0.05, 0.1) is 24.9 Å². The highest BCUT2D eigenvalue weighted by molar-refractivity contribution is 5.96. The van der Waals surface area contributed by atoms with Crippen LogP contribution in [0.4, 0.5) is 10.5 Å². The average molecular weight is 451 g/mol. The van der Waals surface area contributed by atoms with E-state index in [1.165, 1.54) is 17.9 Å². The van der Waals surface area contributed by atoms with Crippen molar-refractivity contribution in [1.82, 2.24) is 14.9 Å². The number of benzene rings is 1. The Bertz CT molecular complexity index is 1230. The molecule has 0 radical (unpaired) electrons. The fourth-order valence-corrected chi connectivity index (χ4v) is 3.07. The molecule has 0 atom stereocenters. The van der Waals surface area contributed by atoms with Gasteiger partial charge in [-0.05, 0) is 52.0 Å². The van der Waals surface area contributed by atoms with Gasteiger partial charge in [-0.15, -0.1) is 0 Å². The number of amides is 1. The Morgan fingerprint density at radius 2 is 1.94 bits per heavy atom. The molecule has 0 bridgehead atoms. The predicted molar refractivity (Wildman–Crippen MR) is 120 cm³/mol. The van der Waals surface area contributed by atoms with Crippen molar-refractivity contribution in [2.24, 2.45) is 0 Å².